The lowest BCUT2D eigenvalue weighted by Gasteiger charge is -2.29. The summed E-state index contributed by atoms with van der Waals surface area (Å²) >= 11 is 0. The van der Waals surface area contributed by atoms with E-state index in [9.17, 15) is 9.18 Å². The number of amides is 1. The molecule has 0 aliphatic rings. The van der Waals surface area contributed by atoms with Crippen molar-refractivity contribution < 1.29 is 18.7 Å². The van der Waals surface area contributed by atoms with Crippen LogP contribution < -0.4 is 10.1 Å². The van der Waals surface area contributed by atoms with Crippen LogP contribution in [0.25, 0.3) is 0 Å². The molecule has 23 heavy (non-hydrogen) atoms. The van der Waals surface area contributed by atoms with Gasteiger partial charge in [0.1, 0.15) is 17.0 Å². The first-order chi connectivity index (χ1) is 10.9. The third-order valence-electron chi connectivity index (χ3n) is 3.71. The van der Waals surface area contributed by atoms with Gasteiger partial charge in [-0.1, -0.05) is 18.2 Å². The summed E-state index contributed by atoms with van der Waals surface area (Å²) in [4.78, 5) is 12.3. The highest BCUT2D eigenvalue weighted by atomic mass is 19.1. The van der Waals surface area contributed by atoms with Gasteiger partial charge in [0.05, 0.1) is 13.7 Å². The topological polar surface area (TPSA) is 65.4 Å². The van der Waals surface area contributed by atoms with Crippen molar-refractivity contribution in [3.05, 3.63) is 47.4 Å². The van der Waals surface area contributed by atoms with Crippen LogP contribution in [0.3, 0.4) is 0 Å². The Morgan fingerprint density at radius 3 is 2.70 bits per heavy atom. The van der Waals surface area contributed by atoms with Crippen molar-refractivity contribution in [2.24, 2.45) is 7.05 Å². The van der Waals surface area contributed by atoms with Crippen molar-refractivity contribution in [1.29, 1.82) is 0 Å². The van der Waals surface area contributed by atoms with Gasteiger partial charge in [0.2, 0.25) is 5.88 Å². The van der Waals surface area contributed by atoms with Crippen LogP contribution in [0.4, 0.5) is 4.39 Å². The number of carbonyl (C=O) groups excluding carboxylic acids is 1. The zero-order valence-corrected chi connectivity index (χ0v) is 13.6. The molecular formula is C16H20FN3O3. The van der Waals surface area contributed by atoms with Crippen LogP contribution in [-0.4, -0.2) is 36.5 Å². The van der Waals surface area contributed by atoms with Crippen molar-refractivity contribution in [2.45, 2.75) is 12.5 Å². The Morgan fingerprint density at radius 1 is 1.39 bits per heavy atom. The number of nitrogens with zero attached hydrogens (tertiary/aromatic N) is 2. The maximum Gasteiger partial charge on any atom is 0.258 e. The molecule has 1 atom stereocenters. The summed E-state index contributed by atoms with van der Waals surface area (Å²) in [5.74, 6) is -0.519. The van der Waals surface area contributed by atoms with Crippen molar-refractivity contribution in [1.82, 2.24) is 15.1 Å². The summed E-state index contributed by atoms with van der Waals surface area (Å²) in [7, 11) is 4.61. The molecule has 0 saturated heterocycles. The Bertz CT molecular complexity index is 702. The monoisotopic (exact) mass is 321 g/mol. The molecule has 6 nitrogen and oxygen atoms in total. The number of benzene rings is 1. The Kier molecular flexibility index (Phi) is 5.00. The van der Waals surface area contributed by atoms with Crippen LogP contribution >= 0.6 is 0 Å². The van der Waals surface area contributed by atoms with Gasteiger partial charge in [0.15, 0.2) is 0 Å². The first kappa shape index (κ1) is 17.0. The number of methoxy groups -OCH3 is 2. The van der Waals surface area contributed by atoms with E-state index in [1.54, 1.807) is 38.4 Å². The molecule has 1 heterocycles. The van der Waals surface area contributed by atoms with Gasteiger partial charge in [-0.2, -0.15) is 0 Å². The minimum absolute atomic E-state index is 0.0985. The number of halogens is 1. The summed E-state index contributed by atoms with van der Waals surface area (Å²) in [6.07, 6.45) is 1.56. The van der Waals surface area contributed by atoms with E-state index in [2.05, 4.69) is 10.4 Å². The van der Waals surface area contributed by atoms with Gasteiger partial charge in [0, 0.05) is 25.9 Å². The predicted octanol–water partition coefficient (Wildman–Crippen LogP) is 1.86. The van der Waals surface area contributed by atoms with E-state index >= 15 is 0 Å². The van der Waals surface area contributed by atoms with E-state index < -0.39 is 5.60 Å². The lowest BCUT2D eigenvalue weighted by Crippen LogP contribution is -2.40. The normalized spacial score (nSPS) is 13.4. The molecule has 1 amide bonds. The van der Waals surface area contributed by atoms with E-state index in [4.69, 9.17) is 9.47 Å². The van der Waals surface area contributed by atoms with E-state index in [1.807, 2.05) is 0 Å². The van der Waals surface area contributed by atoms with Gasteiger partial charge in [-0.3, -0.25) is 9.48 Å². The summed E-state index contributed by atoms with van der Waals surface area (Å²) in [5.41, 5.74) is -0.306. The van der Waals surface area contributed by atoms with Crippen LogP contribution in [0, 0.1) is 5.82 Å². The molecule has 2 aromatic rings. The maximum atomic E-state index is 14.0. The molecule has 1 aromatic carbocycles. The second-order valence-electron chi connectivity index (χ2n) is 5.32. The molecule has 124 valence electrons. The summed E-state index contributed by atoms with van der Waals surface area (Å²) in [6, 6.07) is 6.32. The molecule has 0 radical (unpaired) electrons. The molecule has 0 saturated carbocycles. The molecule has 1 unspecified atom stereocenters. The highest BCUT2D eigenvalue weighted by molar-refractivity contribution is 5.96. The number of aromatic nitrogens is 2. The Hall–Kier alpha value is -2.41. The highest BCUT2D eigenvalue weighted by Crippen LogP contribution is 2.26. The Morgan fingerprint density at radius 2 is 2.09 bits per heavy atom. The first-order valence-corrected chi connectivity index (χ1v) is 7.07. The van der Waals surface area contributed by atoms with Crippen LogP contribution in [0.1, 0.15) is 22.8 Å². The largest absolute Gasteiger partial charge is 0.479 e. The van der Waals surface area contributed by atoms with Gasteiger partial charge in [-0.15, -0.1) is 5.10 Å². The summed E-state index contributed by atoms with van der Waals surface area (Å²) in [5, 5.41) is 6.77. The number of ether oxygens (including phenoxy) is 2. The van der Waals surface area contributed by atoms with Crippen LogP contribution in [0.2, 0.25) is 0 Å². The van der Waals surface area contributed by atoms with Crippen LogP contribution in [-0.2, 0) is 17.4 Å². The minimum Gasteiger partial charge on any atom is -0.479 e. The van der Waals surface area contributed by atoms with E-state index in [-0.39, 0.29) is 24.1 Å². The molecule has 7 heteroatoms. The third-order valence-corrected chi connectivity index (χ3v) is 3.71. The lowest BCUT2D eigenvalue weighted by molar-refractivity contribution is 0.000366. The van der Waals surface area contributed by atoms with Crippen LogP contribution in [0.15, 0.2) is 30.5 Å². The lowest BCUT2D eigenvalue weighted by atomic mass is 9.95. The molecular weight excluding hydrogens is 301 g/mol. The first-order valence-electron chi connectivity index (χ1n) is 7.07. The maximum absolute atomic E-state index is 14.0. The standard InChI is InChI=1S/C16H20FN3O3/c1-16(23-4,12-7-5-6-8-13(12)17)10-18-14(21)11-9-20(2)19-15(11)22-3/h5-9H,10H2,1-4H3,(H,18,21). The number of carbonyl (C=O) groups is 1. The second kappa shape index (κ2) is 6.78. The fourth-order valence-electron chi connectivity index (χ4n) is 2.29. The van der Waals surface area contributed by atoms with E-state index in [0.717, 1.165) is 0 Å². The SMILES string of the molecule is COc1nn(C)cc1C(=O)NCC(C)(OC)c1ccccc1F. The van der Waals surface area contributed by atoms with Gasteiger partial charge >= 0.3 is 0 Å². The Labute approximate surface area is 134 Å². The number of hydrogen-bond acceptors (Lipinski definition) is 4. The van der Waals surface area contributed by atoms with Gasteiger partial charge in [0.25, 0.3) is 5.91 Å². The molecule has 2 rings (SSSR count). The van der Waals surface area contributed by atoms with Gasteiger partial charge in [-0.05, 0) is 13.0 Å². The van der Waals surface area contributed by atoms with E-state index in [0.29, 0.717) is 11.1 Å². The average Bonchev–Trinajstić information content (AvgIpc) is 2.94. The molecule has 1 aromatic heterocycles. The van der Waals surface area contributed by atoms with Crippen LogP contribution in [0.5, 0.6) is 5.88 Å². The highest BCUT2D eigenvalue weighted by Gasteiger charge is 2.30. The van der Waals surface area contributed by atoms with Crippen molar-refractivity contribution in [3.63, 3.8) is 0 Å². The molecule has 0 aliphatic carbocycles. The average molecular weight is 321 g/mol. The van der Waals surface area contributed by atoms with Crippen molar-refractivity contribution in [3.8, 4) is 5.88 Å². The molecule has 0 spiro atoms. The Balaban J connectivity index is 2.17. The number of aryl methyl sites for hydroxylation is 1. The molecule has 1 N–H and O–H groups in total. The van der Waals surface area contributed by atoms with Crippen molar-refractivity contribution in [2.75, 3.05) is 20.8 Å². The zero-order valence-electron chi connectivity index (χ0n) is 13.6. The fraction of sp³-hybridized carbons (Fsp3) is 0.375. The minimum atomic E-state index is -0.990. The summed E-state index contributed by atoms with van der Waals surface area (Å²) < 4.78 is 26.0. The number of nitrogens with one attached hydrogen (secondary N) is 1. The zero-order chi connectivity index (χ0) is 17.0. The molecule has 0 aliphatic heterocycles. The quantitative estimate of drug-likeness (QED) is 0.882. The number of rotatable bonds is 6. The van der Waals surface area contributed by atoms with Crippen molar-refractivity contribution >= 4 is 5.91 Å². The van der Waals surface area contributed by atoms with Gasteiger partial charge in [-0.25, -0.2) is 4.39 Å². The number of hydrogen-bond donors (Lipinski definition) is 1. The fourth-order valence-corrected chi connectivity index (χ4v) is 2.29. The molecule has 0 bridgehead atoms. The predicted molar refractivity (Wildman–Crippen MR) is 82.9 cm³/mol. The molecule has 0 fully saturated rings. The summed E-state index contributed by atoms with van der Waals surface area (Å²) in [6.45, 7) is 1.81. The van der Waals surface area contributed by atoms with E-state index in [1.165, 1.54) is 25.0 Å². The smallest absolute Gasteiger partial charge is 0.258 e. The third kappa shape index (κ3) is 3.50. The second-order valence-corrected chi connectivity index (χ2v) is 5.32. The van der Waals surface area contributed by atoms with Gasteiger partial charge < -0.3 is 14.8 Å².